The lowest BCUT2D eigenvalue weighted by Gasteiger charge is -2.08. The first-order valence-corrected chi connectivity index (χ1v) is 7.29. The Morgan fingerprint density at radius 1 is 0.895 bits per heavy atom. The van der Waals surface area contributed by atoms with Crippen LogP contribution in [0, 0.1) is 13.8 Å². The van der Waals surface area contributed by atoms with Crippen molar-refractivity contribution >= 4 is 10.0 Å². The highest BCUT2D eigenvalue weighted by molar-refractivity contribution is 7.89. The zero-order chi connectivity index (χ0) is 14.0. The summed E-state index contributed by atoms with van der Waals surface area (Å²) in [7, 11) is -3.66. The summed E-state index contributed by atoms with van der Waals surface area (Å²) in [5.41, 5.74) is 2.33. The largest absolute Gasteiger partial charge is 0.457 e. The summed E-state index contributed by atoms with van der Waals surface area (Å²) in [5.74, 6) is 1.28. The van der Waals surface area contributed by atoms with Gasteiger partial charge in [0.1, 0.15) is 11.5 Å². The van der Waals surface area contributed by atoms with Crippen LogP contribution in [0.25, 0.3) is 0 Å². The van der Waals surface area contributed by atoms with Crippen LogP contribution in [0.1, 0.15) is 11.1 Å². The summed E-state index contributed by atoms with van der Waals surface area (Å²) in [4.78, 5) is 0.0694. The SMILES string of the molecule is Cc1ccc(Oc2ccc(S(N)(=O)=O)cc2)cc1C. The minimum atomic E-state index is -3.66. The lowest BCUT2D eigenvalue weighted by Crippen LogP contribution is -2.11. The van der Waals surface area contributed by atoms with Gasteiger partial charge in [0.2, 0.25) is 10.0 Å². The van der Waals surface area contributed by atoms with Crippen LogP contribution in [0.15, 0.2) is 47.4 Å². The van der Waals surface area contributed by atoms with Crippen LogP contribution in [0.2, 0.25) is 0 Å². The van der Waals surface area contributed by atoms with Crippen LogP contribution in [0.3, 0.4) is 0 Å². The molecule has 100 valence electrons. The predicted molar refractivity (Wildman–Crippen MR) is 73.8 cm³/mol. The van der Waals surface area contributed by atoms with Crippen LogP contribution >= 0.6 is 0 Å². The number of hydrogen-bond donors (Lipinski definition) is 1. The quantitative estimate of drug-likeness (QED) is 0.937. The van der Waals surface area contributed by atoms with Gasteiger partial charge in [-0.1, -0.05) is 6.07 Å². The van der Waals surface area contributed by atoms with Gasteiger partial charge in [0, 0.05) is 0 Å². The summed E-state index contributed by atoms with van der Waals surface area (Å²) in [5, 5.41) is 5.03. The van der Waals surface area contributed by atoms with Crippen molar-refractivity contribution in [3.8, 4) is 11.5 Å². The van der Waals surface area contributed by atoms with E-state index in [1.807, 2.05) is 32.0 Å². The number of primary sulfonamides is 1. The third-order valence-electron chi connectivity index (χ3n) is 2.87. The third kappa shape index (κ3) is 3.33. The normalized spacial score (nSPS) is 11.3. The molecule has 4 nitrogen and oxygen atoms in total. The number of hydrogen-bond acceptors (Lipinski definition) is 3. The lowest BCUT2D eigenvalue weighted by molar-refractivity contribution is 0.481. The molecule has 0 aliphatic heterocycles. The van der Waals surface area contributed by atoms with Gasteiger partial charge < -0.3 is 4.74 Å². The molecule has 2 aromatic carbocycles. The molecule has 0 saturated carbocycles. The van der Waals surface area contributed by atoms with Crippen molar-refractivity contribution in [2.45, 2.75) is 18.7 Å². The first-order valence-electron chi connectivity index (χ1n) is 5.74. The molecule has 0 aromatic heterocycles. The molecule has 0 spiro atoms. The van der Waals surface area contributed by atoms with Crippen LogP contribution in [-0.4, -0.2) is 8.42 Å². The number of nitrogens with two attached hydrogens (primary N) is 1. The first-order chi connectivity index (χ1) is 8.86. The van der Waals surface area contributed by atoms with Gasteiger partial charge >= 0.3 is 0 Å². The van der Waals surface area contributed by atoms with Crippen molar-refractivity contribution in [3.05, 3.63) is 53.6 Å². The van der Waals surface area contributed by atoms with Crippen LogP contribution in [0.5, 0.6) is 11.5 Å². The fourth-order valence-electron chi connectivity index (χ4n) is 1.61. The van der Waals surface area contributed by atoms with E-state index in [1.165, 1.54) is 17.7 Å². The molecule has 0 bridgehead atoms. The minimum absolute atomic E-state index is 0.0694. The van der Waals surface area contributed by atoms with Gasteiger partial charge in [-0.3, -0.25) is 0 Å². The molecule has 2 N–H and O–H groups in total. The van der Waals surface area contributed by atoms with Crippen molar-refractivity contribution in [3.63, 3.8) is 0 Å². The van der Waals surface area contributed by atoms with Gasteiger partial charge in [-0.15, -0.1) is 0 Å². The van der Waals surface area contributed by atoms with Gasteiger partial charge in [-0.2, -0.15) is 0 Å². The summed E-state index contributed by atoms with van der Waals surface area (Å²) in [6, 6.07) is 11.8. The van der Waals surface area contributed by atoms with Crippen molar-refractivity contribution in [1.29, 1.82) is 0 Å². The summed E-state index contributed by atoms with van der Waals surface area (Å²) in [6.45, 7) is 4.03. The van der Waals surface area contributed by atoms with E-state index in [9.17, 15) is 8.42 Å². The van der Waals surface area contributed by atoms with Crippen molar-refractivity contribution < 1.29 is 13.2 Å². The second-order valence-electron chi connectivity index (χ2n) is 4.36. The molecule has 0 amide bonds. The fourth-order valence-corrected chi connectivity index (χ4v) is 2.13. The molecule has 5 heteroatoms. The Kier molecular flexibility index (Phi) is 3.59. The first kappa shape index (κ1) is 13.6. The van der Waals surface area contributed by atoms with E-state index >= 15 is 0 Å². The second kappa shape index (κ2) is 5.03. The smallest absolute Gasteiger partial charge is 0.238 e. The second-order valence-corrected chi connectivity index (χ2v) is 5.93. The topological polar surface area (TPSA) is 69.4 Å². The lowest BCUT2D eigenvalue weighted by atomic mass is 10.1. The number of ether oxygens (including phenoxy) is 1. The fraction of sp³-hybridized carbons (Fsp3) is 0.143. The Bertz CT molecular complexity index is 691. The maximum Gasteiger partial charge on any atom is 0.238 e. The van der Waals surface area contributed by atoms with Crippen molar-refractivity contribution in [1.82, 2.24) is 0 Å². The Hall–Kier alpha value is -1.85. The molecule has 19 heavy (non-hydrogen) atoms. The van der Waals surface area contributed by atoms with E-state index in [-0.39, 0.29) is 4.90 Å². The number of sulfonamides is 1. The van der Waals surface area contributed by atoms with Crippen LogP contribution in [0.4, 0.5) is 0 Å². The molecule has 0 radical (unpaired) electrons. The maximum absolute atomic E-state index is 11.1. The van der Waals surface area contributed by atoms with E-state index in [0.717, 1.165) is 5.56 Å². The summed E-state index contributed by atoms with van der Waals surface area (Å²) in [6.07, 6.45) is 0. The van der Waals surface area contributed by atoms with Crippen molar-refractivity contribution in [2.24, 2.45) is 5.14 Å². The predicted octanol–water partition coefficient (Wildman–Crippen LogP) is 2.74. The van der Waals surface area contributed by atoms with Crippen LogP contribution in [-0.2, 0) is 10.0 Å². The summed E-state index contributed by atoms with van der Waals surface area (Å²) >= 11 is 0. The number of rotatable bonds is 3. The van der Waals surface area contributed by atoms with E-state index in [4.69, 9.17) is 9.88 Å². The molecule has 0 atom stereocenters. The van der Waals surface area contributed by atoms with Gasteiger partial charge in [-0.05, 0) is 61.4 Å². The van der Waals surface area contributed by atoms with Crippen LogP contribution < -0.4 is 9.88 Å². The highest BCUT2D eigenvalue weighted by Gasteiger charge is 2.07. The van der Waals surface area contributed by atoms with Gasteiger partial charge in [0.15, 0.2) is 0 Å². The highest BCUT2D eigenvalue weighted by atomic mass is 32.2. The van der Waals surface area contributed by atoms with Gasteiger partial charge in [-0.25, -0.2) is 13.6 Å². The minimum Gasteiger partial charge on any atom is -0.457 e. The third-order valence-corrected chi connectivity index (χ3v) is 3.80. The Labute approximate surface area is 112 Å². The standard InChI is InChI=1S/C14H15NO3S/c1-10-3-4-13(9-11(10)2)18-12-5-7-14(8-6-12)19(15,16)17/h3-9H,1-2H3,(H2,15,16,17). The molecule has 2 rings (SSSR count). The van der Waals surface area contributed by atoms with E-state index < -0.39 is 10.0 Å². The average Bonchev–Trinajstić information content (AvgIpc) is 2.33. The van der Waals surface area contributed by atoms with Crippen molar-refractivity contribution in [2.75, 3.05) is 0 Å². The highest BCUT2D eigenvalue weighted by Crippen LogP contribution is 2.24. The Morgan fingerprint density at radius 2 is 1.47 bits per heavy atom. The molecule has 2 aromatic rings. The molecule has 0 fully saturated rings. The Morgan fingerprint density at radius 3 is 2.00 bits per heavy atom. The molecule has 0 heterocycles. The van der Waals surface area contributed by atoms with E-state index in [0.29, 0.717) is 11.5 Å². The number of benzene rings is 2. The van der Waals surface area contributed by atoms with E-state index in [2.05, 4.69) is 0 Å². The zero-order valence-electron chi connectivity index (χ0n) is 10.8. The summed E-state index contributed by atoms with van der Waals surface area (Å²) < 4.78 is 27.9. The Balaban J connectivity index is 2.22. The average molecular weight is 277 g/mol. The molecule has 0 saturated heterocycles. The maximum atomic E-state index is 11.1. The van der Waals surface area contributed by atoms with E-state index in [1.54, 1.807) is 12.1 Å². The number of aryl methyl sites for hydroxylation is 2. The molecule has 0 aliphatic rings. The molecular weight excluding hydrogens is 262 g/mol. The van der Waals surface area contributed by atoms with Gasteiger partial charge in [0.25, 0.3) is 0 Å². The molecule has 0 aliphatic carbocycles. The molecular formula is C14H15NO3S. The van der Waals surface area contributed by atoms with Gasteiger partial charge in [0.05, 0.1) is 4.90 Å². The zero-order valence-corrected chi connectivity index (χ0v) is 11.6. The molecule has 0 unspecified atom stereocenters. The monoisotopic (exact) mass is 277 g/mol.